The average molecular weight is 396 g/mol. The van der Waals surface area contributed by atoms with Gasteiger partial charge in [-0.05, 0) is 61.1 Å². The minimum absolute atomic E-state index is 0.0426. The molecule has 0 spiro atoms. The summed E-state index contributed by atoms with van der Waals surface area (Å²) in [5, 5.41) is 2.96. The second-order valence-electron chi connectivity index (χ2n) is 7.65. The summed E-state index contributed by atoms with van der Waals surface area (Å²) < 4.78 is 18.5. The maximum atomic E-state index is 13.2. The molecule has 0 aliphatic carbocycles. The van der Waals surface area contributed by atoms with Crippen molar-refractivity contribution in [1.82, 2.24) is 4.90 Å². The number of nitrogens with one attached hydrogen (secondary N) is 1. The summed E-state index contributed by atoms with van der Waals surface area (Å²) in [6, 6.07) is 13.3. The molecule has 0 bridgehead atoms. The molecule has 152 valence electrons. The lowest BCUT2D eigenvalue weighted by atomic mass is 9.98. The van der Waals surface area contributed by atoms with Crippen LogP contribution >= 0.6 is 0 Å². The lowest BCUT2D eigenvalue weighted by Gasteiger charge is -2.30. The van der Waals surface area contributed by atoms with E-state index in [-0.39, 0.29) is 23.5 Å². The molecule has 0 aromatic heterocycles. The Hall–Kier alpha value is -2.73. The summed E-state index contributed by atoms with van der Waals surface area (Å²) in [6.07, 6.45) is 2.97. The third kappa shape index (κ3) is 4.48. The first kappa shape index (κ1) is 19.6. The van der Waals surface area contributed by atoms with Crippen molar-refractivity contribution in [2.45, 2.75) is 31.7 Å². The van der Waals surface area contributed by atoms with Crippen LogP contribution in [0.5, 0.6) is 0 Å². The van der Waals surface area contributed by atoms with Crippen molar-refractivity contribution in [2.24, 2.45) is 5.92 Å². The van der Waals surface area contributed by atoms with Crippen LogP contribution < -0.4 is 5.32 Å². The fourth-order valence-corrected chi connectivity index (χ4v) is 4.13. The monoisotopic (exact) mass is 396 g/mol. The number of rotatable bonds is 4. The Kier molecular flexibility index (Phi) is 5.90. The lowest BCUT2D eigenvalue weighted by Crippen LogP contribution is -2.46. The van der Waals surface area contributed by atoms with Crippen molar-refractivity contribution in [3.05, 3.63) is 54.3 Å². The number of halogens is 1. The van der Waals surface area contributed by atoms with Gasteiger partial charge in [0.05, 0.1) is 0 Å². The quantitative estimate of drug-likeness (QED) is 0.854. The van der Waals surface area contributed by atoms with Crippen molar-refractivity contribution >= 4 is 17.5 Å². The zero-order chi connectivity index (χ0) is 20.2. The van der Waals surface area contributed by atoms with E-state index in [9.17, 15) is 14.0 Å². The highest BCUT2D eigenvalue weighted by molar-refractivity contribution is 5.98. The summed E-state index contributed by atoms with van der Waals surface area (Å²) in [5.41, 5.74) is 2.44. The predicted octanol–water partition coefficient (Wildman–Crippen LogP) is 3.85. The zero-order valence-corrected chi connectivity index (χ0v) is 16.3. The van der Waals surface area contributed by atoms with E-state index < -0.39 is 6.04 Å². The largest absolute Gasteiger partial charge is 0.381 e. The standard InChI is InChI=1S/C23H25FN2O3/c24-19-8-6-16(7-9-19)18-3-1-4-20(15-18)25-22(27)21-5-2-12-26(21)23(28)17-10-13-29-14-11-17/h1,3-4,6-9,15,17,21H,2,5,10-14H2,(H,25,27)/t21-/m0/s1. The fourth-order valence-electron chi connectivity index (χ4n) is 4.13. The number of carbonyl (C=O) groups is 2. The lowest BCUT2D eigenvalue weighted by molar-refractivity contribution is -0.142. The molecule has 2 saturated heterocycles. The summed E-state index contributed by atoms with van der Waals surface area (Å²) in [6.45, 7) is 1.85. The third-order valence-corrected chi connectivity index (χ3v) is 5.72. The molecule has 1 atom stereocenters. The van der Waals surface area contributed by atoms with Crippen LogP contribution in [0.3, 0.4) is 0 Å². The van der Waals surface area contributed by atoms with E-state index in [0.717, 1.165) is 30.4 Å². The van der Waals surface area contributed by atoms with Crippen molar-refractivity contribution in [3.8, 4) is 11.1 Å². The normalized spacial score (nSPS) is 19.9. The van der Waals surface area contributed by atoms with Gasteiger partial charge in [-0.25, -0.2) is 4.39 Å². The Morgan fingerprint density at radius 2 is 1.76 bits per heavy atom. The van der Waals surface area contributed by atoms with Gasteiger partial charge in [0, 0.05) is 31.4 Å². The van der Waals surface area contributed by atoms with Crippen LogP contribution in [0.1, 0.15) is 25.7 Å². The number of carbonyl (C=O) groups excluding carboxylic acids is 2. The minimum Gasteiger partial charge on any atom is -0.381 e. The zero-order valence-electron chi connectivity index (χ0n) is 16.3. The van der Waals surface area contributed by atoms with Crippen molar-refractivity contribution < 1.29 is 18.7 Å². The molecule has 2 heterocycles. The first-order valence-electron chi connectivity index (χ1n) is 10.2. The van der Waals surface area contributed by atoms with Gasteiger partial charge in [0.15, 0.2) is 0 Å². The molecule has 2 aromatic carbocycles. The van der Waals surface area contributed by atoms with Gasteiger partial charge in [0.1, 0.15) is 11.9 Å². The van der Waals surface area contributed by atoms with E-state index >= 15 is 0 Å². The van der Waals surface area contributed by atoms with Crippen LogP contribution in [0.2, 0.25) is 0 Å². The van der Waals surface area contributed by atoms with Crippen molar-refractivity contribution in [3.63, 3.8) is 0 Å². The van der Waals surface area contributed by atoms with Crippen LogP contribution in [-0.2, 0) is 14.3 Å². The van der Waals surface area contributed by atoms with Crippen LogP contribution in [-0.4, -0.2) is 42.5 Å². The van der Waals surface area contributed by atoms with Crippen LogP contribution in [0.15, 0.2) is 48.5 Å². The summed E-state index contributed by atoms with van der Waals surface area (Å²) in [4.78, 5) is 27.6. The number of hydrogen-bond acceptors (Lipinski definition) is 3. The van der Waals surface area contributed by atoms with Crippen LogP contribution in [0.4, 0.5) is 10.1 Å². The number of amides is 2. The van der Waals surface area contributed by atoms with Gasteiger partial charge in [-0.15, -0.1) is 0 Å². The topological polar surface area (TPSA) is 58.6 Å². The predicted molar refractivity (Wildman–Crippen MR) is 109 cm³/mol. The molecule has 2 amide bonds. The maximum absolute atomic E-state index is 13.2. The van der Waals surface area contributed by atoms with Crippen LogP contribution in [0.25, 0.3) is 11.1 Å². The fraction of sp³-hybridized carbons (Fsp3) is 0.391. The molecule has 2 fully saturated rings. The Morgan fingerprint density at radius 1 is 1.00 bits per heavy atom. The molecule has 0 unspecified atom stereocenters. The molecule has 4 rings (SSSR count). The number of nitrogens with zero attached hydrogens (tertiary/aromatic N) is 1. The molecule has 5 nitrogen and oxygen atoms in total. The van der Waals surface area contributed by atoms with E-state index in [4.69, 9.17) is 4.74 Å². The smallest absolute Gasteiger partial charge is 0.247 e. The highest BCUT2D eigenvalue weighted by Crippen LogP contribution is 2.27. The first-order valence-corrected chi connectivity index (χ1v) is 10.2. The van der Waals surface area contributed by atoms with Gasteiger partial charge >= 0.3 is 0 Å². The highest BCUT2D eigenvalue weighted by atomic mass is 19.1. The van der Waals surface area contributed by atoms with Gasteiger partial charge in [0.2, 0.25) is 11.8 Å². The van der Waals surface area contributed by atoms with Crippen LogP contribution in [0, 0.1) is 11.7 Å². The molecular formula is C23H25FN2O3. The van der Waals surface area contributed by atoms with Gasteiger partial charge < -0.3 is 15.0 Å². The van der Waals surface area contributed by atoms with Gasteiger partial charge in [-0.1, -0.05) is 24.3 Å². The molecular weight excluding hydrogens is 371 g/mol. The maximum Gasteiger partial charge on any atom is 0.247 e. The van der Waals surface area contributed by atoms with E-state index in [1.165, 1.54) is 12.1 Å². The molecule has 6 heteroatoms. The van der Waals surface area contributed by atoms with E-state index in [1.807, 2.05) is 24.3 Å². The Morgan fingerprint density at radius 3 is 2.52 bits per heavy atom. The molecule has 29 heavy (non-hydrogen) atoms. The second-order valence-corrected chi connectivity index (χ2v) is 7.65. The van der Waals surface area contributed by atoms with E-state index in [2.05, 4.69) is 5.32 Å². The summed E-state index contributed by atoms with van der Waals surface area (Å²) >= 11 is 0. The number of anilines is 1. The number of likely N-dealkylation sites (tertiary alicyclic amines) is 1. The SMILES string of the molecule is O=C(Nc1cccc(-c2ccc(F)cc2)c1)[C@@H]1CCCN1C(=O)C1CCOCC1. The molecule has 2 aliphatic heterocycles. The molecule has 1 N–H and O–H groups in total. The van der Waals surface area contributed by atoms with Gasteiger partial charge in [-0.2, -0.15) is 0 Å². The average Bonchev–Trinajstić information content (AvgIpc) is 3.25. The number of ether oxygens (including phenoxy) is 1. The van der Waals surface area contributed by atoms with Gasteiger partial charge in [-0.3, -0.25) is 9.59 Å². The Bertz CT molecular complexity index is 878. The molecule has 0 saturated carbocycles. The third-order valence-electron chi connectivity index (χ3n) is 5.72. The molecule has 0 radical (unpaired) electrons. The number of benzene rings is 2. The van der Waals surface area contributed by atoms with Crippen molar-refractivity contribution in [1.29, 1.82) is 0 Å². The first-order chi connectivity index (χ1) is 14.1. The summed E-state index contributed by atoms with van der Waals surface area (Å²) in [7, 11) is 0. The number of hydrogen-bond donors (Lipinski definition) is 1. The molecule has 2 aromatic rings. The molecule has 2 aliphatic rings. The van der Waals surface area contributed by atoms with E-state index in [0.29, 0.717) is 31.9 Å². The highest BCUT2D eigenvalue weighted by Gasteiger charge is 2.37. The minimum atomic E-state index is -0.431. The van der Waals surface area contributed by atoms with Gasteiger partial charge in [0.25, 0.3) is 0 Å². The summed E-state index contributed by atoms with van der Waals surface area (Å²) in [5.74, 6) is -0.405. The van der Waals surface area contributed by atoms with E-state index in [1.54, 1.807) is 17.0 Å². The second kappa shape index (κ2) is 8.74. The van der Waals surface area contributed by atoms with Crippen molar-refractivity contribution in [2.75, 3.05) is 25.1 Å². The Balaban J connectivity index is 1.45. The Labute approximate surface area is 169 Å².